The molecule has 0 radical (unpaired) electrons. The zero-order chi connectivity index (χ0) is 15.1. The van der Waals surface area contributed by atoms with Crippen molar-refractivity contribution in [2.75, 3.05) is 18.1 Å². The summed E-state index contributed by atoms with van der Waals surface area (Å²) in [6.45, 7) is 1.97. The van der Waals surface area contributed by atoms with Crippen LogP contribution < -0.4 is 0 Å². The minimum absolute atomic E-state index is 0.158. The van der Waals surface area contributed by atoms with Gasteiger partial charge in [0.15, 0.2) is 0 Å². The van der Waals surface area contributed by atoms with Crippen LogP contribution in [0.2, 0.25) is 0 Å². The normalized spacial score (nSPS) is 17.4. The van der Waals surface area contributed by atoms with Crippen LogP contribution in [0.3, 0.4) is 0 Å². The molecular formula is C16H22O3S2. The lowest BCUT2D eigenvalue weighted by molar-refractivity contribution is -0.141. The highest BCUT2D eigenvalue weighted by molar-refractivity contribution is 8.18. The second kappa shape index (κ2) is 7.99. The third kappa shape index (κ3) is 5.47. The molecule has 3 nitrogen and oxygen atoms in total. The van der Waals surface area contributed by atoms with Crippen molar-refractivity contribution in [2.45, 2.75) is 36.7 Å². The summed E-state index contributed by atoms with van der Waals surface area (Å²) in [6.07, 6.45) is 4.21. The SMILES string of the molecule is CC(=O)OCCC1(CCc2ccc(O)cc2)SCCCS1. The molecule has 1 aromatic carbocycles. The third-order valence-corrected chi connectivity index (χ3v) is 7.10. The summed E-state index contributed by atoms with van der Waals surface area (Å²) >= 11 is 4.01. The van der Waals surface area contributed by atoms with E-state index in [1.165, 1.54) is 30.4 Å². The van der Waals surface area contributed by atoms with Crippen LogP contribution in [0.4, 0.5) is 0 Å². The first-order chi connectivity index (χ1) is 10.1. The highest BCUT2D eigenvalue weighted by atomic mass is 32.2. The van der Waals surface area contributed by atoms with E-state index < -0.39 is 0 Å². The van der Waals surface area contributed by atoms with Crippen LogP contribution in [0.25, 0.3) is 0 Å². The van der Waals surface area contributed by atoms with Gasteiger partial charge in [0.1, 0.15) is 5.75 Å². The number of carbonyl (C=O) groups is 1. The first kappa shape index (κ1) is 16.6. The van der Waals surface area contributed by atoms with Gasteiger partial charge in [-0.3, -0.25) is 4.79 Å². The van der Waals surface area contributed by atoms with Gasteiger partial charge in [0.05, 0.1) is 10.7 Å². The minimum Gasteiger partial charge on any atom is -0.508 e. The van der Waals surface area contributed by atoms with E-state index in [1.807, 2.05) is 35.7 Å². The van der Waals surface area contributed by atoms with Crippen molar-refractivity contribution in [3.8, 4) is 5.75 Å². The van der Waals surface area contributed by atoms with Gasteiger partial charge in [0.2, 0.25) is 0 Å². The molecule has 0 bridgehead atoms. The zero-order valence-electron chi connectivity index (χ0n) is 12.3. The topological polar surface area (TPSA) is 46.5 Å². The van der Waals surface area contributed by atoms with Gasteiger partial charge in [-0.1, -0.05) is 12.1 Å². The number of hydrogen-bond acceptors (Lipinski definition) is 5. The largest absolute Gasteiger partial charge is 0.508 e. The fourth-order valence-corrected chi connectivity index (χ4v) is 5.66. The van der Waals surface area contributed by atoms with E-state index in [1.54, 1.807) is 12.1 Å². The van der Waals surface area contributed by atoms with E-state index in [2.05, 4.69) is 0 Å². The maximum absolute atomic E-state index is 10.9. The van der Waals surface area contributed by atoms with Crippen molar-refractivity contribution in [3.63, 3.8) is 0 Å². The molecule has 21 heavy (non-hydrogen) atoms. The molecule has 0 aliphatic carbocycles. The third-order valence-electron chi connectivity index (χ3n) is 3.54. The number of phenolic OH excluding ortho intramolecular Hbond substituents is 1. The standard InChI is InChI=1S/C16H22O3S2/c1-13(17)19-10-9-16(20-11-2-12-21-16)8-7-14-3-5-15(18)6-4-14/h3-6,18H,2,7-12H2,1H3. The zero-order valence-corrected chi connectivity index (χ0v) is 14.0. The number of rotatable bonds is 6. The van der Waals surface area contributed by atoms with Gasteiger partial charge in [-0.15, -0.1) is 23.5 Å². The van der Waals surface area contributed by atoms with Gasteiger partial charge in [-0.25, -0.2) is 0 Å². The van der Waals surface area contributed by atoms with E-state index in [0.29, 0.717) is 12.4 Å². The lowest BCUT2D eigenvalue weighted by Crippen LogP contribution is -2.28. The predicted octanol–water partition coefficient (Wildman–Crippen LogP) is 3.84. The Hall–Kier alpha value is -0.810. The van der Waals surface area contributed by atoms with Crippen LogP contribution >= 0.6 is 23.5 Å². The summed E-state index contributed by atoms with van der Waals surface area (Å²) in [5.74, 6) is 2.48. The lowest BCUT2D eigenvalue weighted by Gasteiger charge is -2.36. The Morgan fingerprint density at radius 1 is 1.24 bits per heavy atom. The van der Waals surface area contributed by atoms with E-state index >= 15 is 0 Å². The van der Waals surface area contributed by atoms with Crippen molar-refractivity contribution in [1.29, 1.82) is 0 Å². The van der Waals surface area contributed by atoms with Crippen molar-refractivity contribution >= 4 is 29.5 Å². The number of esters is 1. The van der Waals surface area contributed by atoms with E-state index in [4.69, 9.17) is 4.74 Å². The molecule has 1 aromatic rings. The van der Waals surface area contributed by atoms with Crippen LogP contribution in [0, 0.1) is 0 Å². The van der Waals surface area contributed by atoms with Crippen LogP contribution in [0.5, 0.6) is 5.75 Å². The van der Waals surface area contributed by atoms with Gasteiger partial charge in [-0.2, -0.15) is 0 Å². The molecule has 0 atom stereocenters. The molecule has 1 N–H and O–H groups in total. The van der Waals surface area contributed by atoms with Crippen LogP contribution in [-0.4, -0.2) is 33.3 Å². The molecule has 0 aromatic heterocycles. The molecule has 1 aliphatic heterocycles. The Bertz CT molecular complexity index is 453. The Balaban J connectivity index is 1.92. The average molecular weight is 326 g/mol. The molecule has 116 valence electrons. The molecule has 0 spiro atoms. The second-order valence-corrected chi connectivity index (χ2v) is 8.43. The summed E-state index contributed by atoms with van der Waals surface area (Å²) in [6, 6.07) is 7.44. The van der Waals surface area contributed by atoms with Gasteiger partial charge in [0.25, 0.3) is 0 Å². The van der Waals surface area contributed by atoms with E-state index in [-0.39, 0.29) is 10.0 Å². The van der Waals surface area contributed by atoms with Gasteiger partial charge in [0, 0.05) is 13.3 Å². The Kier molecular flexibility index (Phi) is 6.30. The van der Waals surface area contributed by atoms with Crippen LogP contribution in [0.15, 0.2) is 24.3 Å². The average Bonchev–Trinajstić information content (AvgIpc) is 2.47. The molecule has 1 heterocycles. The summed E-state index contributed by atoms with van der Waals surface area (Å²) in [5.41, 5.74) is 1.24. The summed E-state index contributed by atoms with van der Waals surface area (Å²) in [5, 5.41) is 9.34. The summed E-state index contributed by atoms with van der Waals surface area (Å²) < 4.78 is 5.30. The number of thioether (sulfide) groups is 2. The van der Waals surface area contributed by atoms with Crippen molar-refractivity contribution in [2.24, 2.45) is 0 Å². The quantitative estimate of drug-likeness (QED) is 0.805. The van der Waals surface area contributed by atoms with Crippen molar-refractivity contribution in [1.82, 2.24) is 0 Å². The number of ether oxygens (including phenoxy) is 1. The molecule has 5 heteroatoms. The molecule has 1 saturated heterocycles. The first-order valence-corrected chi connectivity index (χ1v) is 9.26. The predicted molar refractivity (Wildman–Crippen MR) is 89.9 cm³/mol. The smallest absolute Gasteiger partial charge is 0.302 e. The van der Waals surface area contributed by atoms with Crippen LogP contribution in [-0.2, 0) is 16.0 Å². The molecule has 1 aliphatic rings. The number of benzene rings is 1. The number of carbonyl (C=O) groups excluding carboxylic acids is 1. The highest BCUT2D eigenvalue weighted by Gasteiger charge is 2.33. The molecule has 0 unspecified atom stereocenters. The molecule has 1 fully saturated rings. The van der Waals surface area contributed by atoms with Gasteiger partial charge < -0.3 is 9.84 Å². The van der Waals surface area contributed by atoms with Crippen molar-refractivity contribution < 1.29 is 14.6 Å². The maximum atomic E-state index is 10.9. The number of aryl methyl sites for hydroxylation is 1. The van der Waals surface area contributed by atoms with Crippen LogP contribution in [0.1, 0.15) is 31.7 Å². The number of phenols is 1. The molecule has 0 saturated carbocycles. The van der Waals surface area contributed by atoms with Crippen molar-refractivity contribution in [3.05, 3.63) is 29.8 Å². The summed E-state index contributed by atoms with van der Waals surface area (Å²) in [4.78, 5) is 10.9. The minimum atomic E-state index is -0.200. The Labute approximate surface area is 134 Å². The number of aromatic hydroxyl groups is 1. The lowest BCUT2D eigenvalue weighted by atomic mass is 10.1. The monoisotopic (exact) mass is 326 g/mol. The van der Waals surface area contributed by atoms with Gasteiger partial charge in [-0.05, 0) is 48.5 Å². The molecular weight excluding hydrogens is 304 g/mol. The number of hydrogen-bond donors (Lipinski definition) is 1. The second-order valence-electron chi connectivity index (χ2n) is 5.22. The van der Waals surface area contributed by atoms with Gasteiger partial charge >= 0.3 is 5.97 Å². The fraction of sp³-hybridized carbons (Fsp3) is 0.562. The Morgan fingerprint density at radius 2 is 1.90 bits per heavy atom. The molecule has 0 amide bonds. The fourth-order valence-electron chi connectivity index (χ4n) is 2.38. The van der Waals surface area contributed by atoms with E-state index in [9.17, 15) is 9.90 Å². The maximum Gasteiger partial charge on any atom is 0.302 e. The van der Waals surface area contributed by atoms with E-state index in [0.717, 1.165) is 19.3 Å². The molecule has 2 rings (SSSR count). The first-order valence-electron chi connectivity index (χ1n) is 7.29. The highest BCUT2D eigenvalue weighted by Crippen LogP contribution is 2.47. The summed E-state index contributed by atoms with van der Waals surface area (Å²) in [7, 11) is 0. The Morgan fingerprint density at radius 3 is 2.52 bits per heavy atom.